The van der Waals surface area contributed by atoms with Crippen LogP contribution in [0, 0.1) is 22.7 Å². The second-order valence-electron chi connectivity index (χ2n) is 10.7. The van der Waals surface area contributed by atoms with E-state index in [0.29, 0.717) is 31.0 Å². The third-order valence-electron chi connectivity index (χ3n) is 9.05. The van der Waals surface area contributed by atoms with Crippen LogP contribution in [0.3, 0.4) is 0 Å². The van der Waals surface area contributed by atoms with Gasteiger partial charge in [-0.15, -0.1) is 0 Å². The van der Waals surface area contributed by atoms with E-state index >= 15 is 0 Å². The zero-order valence-corrected chi connectivity index (χ0v) is 22.4. The molecule has 2 aliphatic carbocycles. The van der Waals surface area contributed by atoms with Gasteiger partial charge >= 0.3 is 218 Å². The molecule has 1 aliphatic heterocycles. The van der Waals surface area contributed by atoms with Crippen molar-refractivity contribution < 1.29 is 33.7 Å². The first-order valence-electron chi connectivity index (χ1n) is 12.7. The number of carbonyl (C=O) groups is 2. The fourth-order valence-electron chi connectivity index (χ4n) is 7.25. The number of aliphatic hydroxyl groups excluding tert-OH is 1. The van der Waals surface area contributed by atoms with E-state index < -0.39 is 40.5 Å². The molecule has 5 rings (SSSR count). The Labute approximate surface area is 217 Å². The Morgan fingerprint density at radius 2 is 2.03 bits per heavy atom. The molecule has 1 aromatic heterocycles. The van der Waals surface area contributed by atoms with E-state index in [0.717, 1.165) is 16.4 Å². The number of cyclic esters (lactones) is 1. The molecule has 8 heteroatoms. The van der Waals surface area contributed by atoms with Crippen molar-refractivity contribution in [3.63, 3.8) is 0 Å². The number of aliphatic hydroxyl groups is 2. The first-order chi connectivity index (χ1) is 17.2. The Balaban J connectivity index is 1.57. The zero-order valence-electron chi connectivity index (χ0n) is 20.7. The van der Waals surface area contributed by atoms with Crippen molar-refractivity contribution in [3.8, 4) is 0 Å². The van der Waals surface area contributed by atoms with Crippen LogP contribution in [-0.2, 0) is 19.1 Å². The van der Waals surface area contributed by atoms with Crippen molar-refractivity contribution in [2.75, 3.05) is 6.61 Å². The number of carbonyl (C=O) groups excluding carboxylic acids is 2. The summed E-state index contributed by atoms with van der Waals surface area (Å²) in [7, 11) is 0. The Morgan fingerprint density at radius 3 is 2.72 bits per heavy atom. The molecule has 0 radical (unpaired) electrons. The molecule has 1 saturated heterocycles. The monoisotopic (exact) mass is 562 g/mol. The van der Waals surface area contributed by atoms with Gasteiger partial charge in [-0.25, -0.2) is 0 Å². The topological polar surface area (TPSA) is 106 Å². The average Bonchev–Trinajstić information content (AvgIpc) is 3.50. The van der Waals surface area contributed by atoms with Crippen molar-refractivity contribution in [2.45, 2.75) is 69.1 Å². The fourth-order valence-corrected chi connectivity index (χ4v) is 9.70. The maximum atomic E-state index is 13.8. The molecule has 194 valence electrons. The van der Waals surface area contributed by atoms with Crippen molar-refractivity contribution in [1.29, 1.82) is 0 Å². The van der Waals surface area contributed by atoms with Gasteiger partial charge in [0.1, 0.15) is 0 Å². The summed E-state index contributed by atoms with van der Waals surface area (Å²) in [5.74, 6) is -1.30. The second kappa shape index (κ2) is 9.64. The van der Waals surface area contributed by atoms with Gasteiger partial charge in [0.2, 0.25) is 0 Å². The van der Waals surface area contributed by atoms with Crippen LogP contribution >= 0.6 is 0 Å². The van der Waals surface area contributed by atoms with Crippen molar-refractivity contribution in [1.82, 2.24) is 0 Å². The van der Waals surface area contributed by atoms with Crippen LogP contribution in [-0.4, -0.2) is 55.4 Å². The van der Waals surface area contributed by atoms with Crippen LogP contribution in [0.4, 0.5) is 0 Å². The van der Waals surface area contributed by atoms with Crippen LogP contribution in [0.2, 0.25) is 5.32 Å². The normalized spacial score (nSPS) is 37.9. The number of fused-ring (bicyclic) bond motifs is 2. The Kier molecular flexibility index (Phi) is 6.83. The van der Waals surface area contributed by atoms with Crippen molar-refractivity contribution >= 4 is 31.4 Å². The molecule has 0 bridgehead atoms. The van der Waals surface area contributed by atoms with Gasteiger partial charge in [0.05, 0.1) is 0 Å². The molecule has 2 N–H and O–H groups in total. The number of rotatable bonds is 6. The number of esters is 2. The van der Waals surface area contributed by atoms with E-state index in [1.165, 1.54) is 6.92 Å². The molecule has 0 unspecified atom stereocenters. The zero-order chi connectivity index (χ0) is 25.6. The molecule has 7 nitrogen and oxygen atoms in total. The Hall–Kier alpha value is -2.12. The molecule has 0 amide bonds. The molecule has 3 fully saturated rings. The minimum absolute atomic E-state index is 0.0629. The van der Waals surface area contributed by atoms with Crippen LogP contribution in [0.5, 0.6) is 0 Å². The Bertz CT molecular complexity index is 1090. The average molecular weight is 562 g/mol. The summed E-state index contributed by atoms with van der Waals surface area (Å²) in [5, 5.41) is 24.6. The van der Waals surface area contributed by atoms with Gasteiger partial charge in [0.25, 0.3) is 0 Å². The van der Waals surface area contributed by atoms with Crippen LogP contribution in [0.1, 0.15) is 57.6 Å². The summed E-state index contributed by atoms with van der Waals surface area (Å²) in [6.45, 7) is 3.22. The van der Waals surface area contributed by atoms with E-state index in [2.05, 4.69) is 0 Å². The quantitative estimate of drug-likeness (QED) is 0.412. The molecule has 2 heterocycles. The molecule has 2 aromatic rings. The third-order valence-corrected chi connectivity index (χ3v) is 11.6. The fraction of sp³-hybridized carbons (Fsp3) is 0.571. The van der Waals surface area contributed by atoms with Crippen molar-refractivity contribution in [2.24, 2.45) is 22.7 Å². The van der Waals surface area contributed by atoms with Gasteiger partial charge in [0, 0.05) is 0 Å². The Morgan fingerprint density at radius 1 is 1.25 bits per heavy atom. The molecule has 1 spiro atoms. The molecule has 1 aromatic carbocycles. The first-order valence-corrected chi connectivity index (χ1v) is 14.7. The number of benzene rings is 1. The number of ether oxygens (including phenoxy) is 2. The summed E-state index contributed by atoms with van der Waals surface area (Å²) in [5.41, 5.74) is -2.54. The summed E-state index contributed by atoms with van der Waals surface area (Å²) < 4.78 is 18.0. The van der Waals surface area contributed by atoms with E-state index in [1.54, 1.807) is 12.5 Å². The summed E-state index contributed by atoms with van der Waals surface area (Å²) in [4.78, 5) is 25.8. The van der Waals surface area contributed by atoms with Crippen molar-refractivity contribution in [3.05, 3.63) is 54.5 Å². The van der Waals surface area contributed by atoms with E-state index in [1.807, 2.05) is 43.3 Å². The number of hydrogen-bond donors (Lipinski definition) is 2. The summed E-state index contributed by atoms with van der Waals surface area (Å²) in [6, 6.07) is 11.8. The second-order valence-corrected chi connectivity index (χ2v) is 12.9. The number of hydrogen-bond acceptors (Lipinski definition) is 7. The molecule has 2 saturated carbocycles. The van der Waals surface area contributed by atoms with E-state index in [4.69, 9.17) is 13.9 Å². The van der Waals surface area contributed by atoms with Gasteiger partial charge in [-0.2, -0.15) is 0 Å². The van der Waals surface area contributed by atoms with Gasteiger partial charge < -0.3 is 0 Å². The number of furan rings is 1. The SMILES string of the molecule is CC(=O)OC[C@@]12[C@H](CCC[C@]1(O)C[Se]c1ccccc1)[C@@]1(C[C@@H](c3ccoc3)OC1=O)[C@H](C)C[C@@H]2O. The predicted octanol–water partition coefficient (Wildman–Crippen LogP) is 3.18. The predicted molar refractivity (Wildman–Crippen MR) is 132 cm³/mol. The molecular formula is C28H34O7Se. The van der Waals surface area contributed by atoms with Gasteiger partial charge in [-0.3, -0.25) is 0 Å². The first kappa shape index (κ1) is 25.5. The minimum atomic E-state index is -1.29. The standard InChI is InChI=1S/C28H34O7Se/c1-18-13-24(30)28(16-34-19(2)29)23(27(18)14-22(35-25(27)31)20-10-12-33-15-20)9-6-11-26(28,32)17-36-21-7-4-3-5-8-21/h3-5,7-8,10,12,15,18,22-24,30,32H,6,9,11,13-14,16-17H2,1-2H3/t18-,22+,23-,24+,26+,27-,28+/m1/s1. The van der Waals surface area contributed by atoms with E-state index in [9.17, 15) is 19.8 Å². The van der Waals surface area contributed by atoms with Gasteiger partial charge in [-0.1, -0.05) is 0 Å². The summed E-state index contributed by atoms with van der Waals surface area (Å²) >= 11 is -0.0629. The van der Waals surface area contributed by atoms with Crippen LogP contribution < -0.4 is 4.46 Å². The van der Waals surface area contributed by atoms with E-state index in [-0.39, 0.29) is 33.5 Å². The van der Waals surface area contributed by atoms with Gasteiger partial charge in [-0.05, 0) is 0 Å². The van der Waals surface area contributed by atoms with Crippen LogP contribution in [0.25, 0.3) is 0 Å². The summed E-state index contributed by atoms with van der Waals surface area (Å²) in [6.07, 6.45) is 4.45. The molecule has 7 atom stereocenters. The molecular weight excluding hydrogens is 527 g/mol. The van der Waals surface area contributed by atoms with Crippen LogP contribution in [0.15, 0.2) is 53.3 Å². The molecule has 36 heavy (non-hydrogen) atoms. The van der Waals surface area contributed by atoms with Gasteiger partial charge in [0.15, 0.2) is 0 Å². The maximum absolute atomic E-state index is 13.8. The third kappa shape index (κ3) is 3.94. The molecule has 3 aliphatic rings.